The molecule has 1 heterocycles. The fourth-order valence-electron chi connectivity index (χ4n) is 2.52. The van der Waals surface area contributed by atoms with E-state index < -0.39 is 24.5 Å². The van der Waals surface area contributed by atoms with Crippen molar-refractivity contribution < 1.29 is 19.1 Å². The second kappa shape index (κ2) is 8.14. The van der Waals surface area contributed by atoms with Gasteiger partial charge in [0.05, 0.1) is 5.56 Å². The Morgan fingerprint density at radius 2 is 1.80 bits per heavy atom. The highest BCUT2D eigenvalue weighted by Crippen LogP contribution is 2.21. The molecule has 0 saturated carbocycles. The molecule has 2 aromatic rings. The number of benzene rings is 1. The van der Waals surface area contributed by atoms with Gasteiger partial charge in [-0.2, -0.15) is 0 Å². The lowest BCUT2D eigenvalue weighted by molar-refractivity contribution is -0.123. The van der Waals surface area contributed by atoms with E-state index in [4.69, 9.17) is 4.74 Å². The molecule has 25 heavy (non-hydrogen) atoms. The summed E-state index contributed by atoms with van der Waals surface area (Å²) in [5.41, 5.74) is 2.91. The number of para-hydroxylation sites is 1. The Kier molecular flexibility index (Phi) is 5.94. The number of carbonyl (C=O) groups excluding carboxylic acids is 3. The average Bonchev–Trinajstić information content (AvgIpc) is 2.88. The Morgan fingerprint density at radius 3 is 2.44 bits per heavy atom. The number of aromatic nitrogens is 1. The first-order valence-corrected chi connectivity index (χ1v) is 7.93. The van der Waals surface area contributed by atoms with E-state index in [0.717, 1.165) is 17.1 Å². The number of carbonyl (C=O) groups is 3. The van der Waals surface area contributed by atoms with E-state index in [1.807, 2.05) is 48.7 Å². The molecule has 132 valence electrons. The lowest BCUT2D eigenvalue weighted by atomic mass is 10.2. The second-order valence-electron chi connectivity index (χ2n) is 5.44. The van der Waals surface area contributed by atoms with E-state index in [1.54, 1.807) is 13.0 Å². The maximum Gasteiger partial charge on any atom is 0.340 e. The zero-order valence-corrected chi connectivity index (χ0v) is 14.5. The van der Waals surface area contributed by atoms with Gasteiger partial charge in [-0.3, -0.25) is 10.1 Å². The quantitative estimate of drug-likeness (QED) is 0.814. The van der Waals surface area contributed by atoms with Crippen LogP contribution in [0.3, 0.4) is 0 Å². The van der Waals surface area contributed by atoms with E-state index >= 15 is 0 Å². The molecule has 0 aliphatic carbocycles. The predicted molar refractivity (Wildman–Crippen MR) is 92.7 cm³/mol. The number of hydrogen-bond donors (Lipinski definition) is 2. The Bertz CT molecular complexity index is 781. The normalized spacial score (nSPS) is 10.2. The number of hydrogen-bond acceptors (Lipinski definition) is 4. The van der Waals surface area contributed by atoms with Crippen molar-refractivity contribution in [3.63, 3.8) is 0 Å². The molecule has 7 nitrogen and oxygen atoms in total. The Labute approximate surface area is 146 Å². The largest absolute Gasteiger partial charge is 0.452 e. The molecule has 7 heteroatoms. The lowest BCUT2D eigenvalue weighted by Crippen LogP contribution is -2.41. The summed E-state index contributed by atoms with van der Waals surface area (Å²) in [4.78, 5) is 35.1. The van der Waals surface area contributed by atoms with Crippen LogP contribution >= 0.6 is 0 Å². The van der Waals surface area contributed by atoms with Gasteiger partial charge >= 0.3 is 12.0 Å². The summed E-state index contributed by atoms with van der Waals surface area (Å²) in [6.45, 7) is 5.30. The van der Waals surface area contributed by atoms with Crippen LogP contribution in [0.5, 0.6) is 0 Å². The number of ether oxygens (including phenoxy) is 1. The highest BCUT2D eigenvalue weighted by atomic mass is 16.5. The molecule has 2 rings (SSSR count). The third-order valence-corrected chi connectivity index (χ3v) is 3.59. The number of imide groups is 1. The first kappa shape index (κ1) is 18.3. The average molecular weight is 343 g/mol. The maximum atomic E-state index is 12.3. The van der Waals surface area contributed by atoms with E-state index in [0.29, 0.717) is 12.1 Å². The van der Waals surface area contributed by atoms with Crippen LogP contribution in [0.15, 0.2) is 36.4 Å². The number of esters is 1. The van der Waals surface area contributed by atoms with Gasteiger partial charge in [-0.15, -0.1) is 0 Å². The third-order valence-electron chi connectivity index (χ3n) is 3.59. The molecule has 0 aliphatic heterocycles. The van der Waals surface area contributed by atoms with Gasteiger partial charge in [0.25, 0.3) is 5.91 Å². The Balaban J connectivity index is 2.06. The summed E-state index contributed by atoms with van der Waals surface area (Å²) in [6.07, 6.45) is 0. The van der Waals surface area contributed by atoms with Gasteiger partial charge in [-0.05, 0) is 39.0 Å². The Morgan fingerprint density at radius 1 is 1.12 bits per heavy atom. The molecular formula is C18H21N3O4. The summed E-state index contributed by atoms with van der Waals surface area (Å²) in [5, 5.41) is 4.49. The maximum absolute atomic E-state index is 12.3. The summed E-state index contributed by atoms with van der Waals surface area (Å²) >= 11 is 0. The molecular weight excluding hydrogens is 322 g/mol. The van der Waals surface area contributed by atoms with Crippen molar-refractivity contribution in [2.24, 2.45) is 0 Å². The van der Waals surface area contributed by atoms with Crippen molar-refractivity contribution in [3.05, 3.63) is 53.3 Å². The van der Waals surface area contributed by atoms with E-state index in [9.17, 15) is 14.4 Å². The van der Waals surface area contributed by atoms with Crippen molar-refractivity contribution in [1.82, 2.24) is 15.2 Å². The van der Waals surface area contributed by atoms with Crippen molar-refractivity contribution in [3.8, 4) is 5.69 Å². The van der Waals surface area contributed by atoms with Gasteiger partial charge < -0.3 is 14.6 Å². The molecule has 1 aromatic heterocycles. The second-order valence-corrected chi connectivity index (χ2v) is 5.44. The van der Waals surface area contributed by atoms with Gasteiger partial charge in [-0.25, -0.2) is 9.59 Å². The van der Waals surface area contributed by atoms with Crippen molar-refractivity contribution >= 4 is 17.9 Å². The summed E-state index contributed by atoms with van der Waals surface area (Å²) < 4.78 is 6.95. The lowest BCUT2D eigenvalue weighted by Gasteiger charge is -2.09. The van der Waals surface area contributed by atoms with Crippen molar-refractivity contribution in [1.29, 1.82) is 0 Å². The van der Waals surface area contributed by atoms with Crippen LogP contribution in [0, 0.1) is 13.8 Å². The number of amides is 3. The molecule has 3 amide bonds. The molecule has 0 saturated heterocycles. The zero-order valence-electron chi connectivity index (χ0n) is 14.5. The van der Waals surface area contributed by atoms with Gasteiger partial charge in [0.15, 0.2) is 6.61 Å². The number of nitrogens with zero attached hydrogens (tertiary/aromatic N) is 1. The van der Waals surface area contributed by atoms with Gasteiger partial charge in [0.2, 0.25) is 0 Å². The van der Waals surface area contributed by atoms with Crippen LogP contribution in [0.2, 0.25) is 0 Å². The molecule has 0 radical (unpaired) electrons. The third kappa shape index (κ3) is 4.47. The predicted octanol–water partition coefficient (Wildman–Crippen LogP) is 2.10. The minimum atomic E-state index is -0.684. The minimum Gasteiger partial charge on any atom is -0.452 e. The molecule has 0 bridgehead atoms. The fourth-order valence-corrected chi connectivity index (χ4v) is 2.52. The molecule has 0 aliphatic rings. The molecule has 2 N–H and O–H groups in total. The van der Waals surface area contributed by atoms with Gasteiger partial charge in [0.1, 0.15) is 0 Å². The smallest absolute Gasteiger partial charge is 0.340 e. The molecule has 0 spiro atoms. The van der Waals surface area contributed by atoms with Crippen LogP contribution < -0.4 is 10.6 Å². The Hall–Kier alpha value is -3.09. The first-order chi connectivity index (χ1) is 11.9. The first-order valence-electron chi connectivity index (χ1n) is 7.93. The van der Waals surface area contributed by atoms with Crippen LogP contribution in [-0.4, -0.2) is 35.6 Å². The number of nitrogens with one attached hydrogen (secondary N) is 2. The highest BCUT2D eigenvalue weighted by Gasteiger charge is 2.19. The zero-order chi connectivity index (χ0) is 18.4. The molecule has 0 atom stereocenters. The van der Waals surface area contributed by atoms with Crippen LogP contribution in [0.4, 0.5) is 4.79 Å². The summed E-state index contributed by atoms with van der Waals surface area (Å²) in [6, 6.07) is 10.7. The number of aryl methyl sites for hydroxylation is 1. The fraction of sp³-hybridized carbons (Fsp3) is 0.278. The van der Waals surface area contributed by atoms with E-state index in [-0.39, 0.29) is 0 Å². The standard InChI is InChI=1S/C18H21N3O4/c1-4-19-18(24)20-16(22)11-25-17(23)15-10-12(2)21(13(15)3)14-8-6-5-7-9-14/h5-10H,4,11H2,1-3H3,(H2,19,20,22,24). The number of rotatable bonds is 5. The monoisotopic (exact) mass is 343 g/mol. The summed E-state index contributed by atoms with van der Waals surface area (Å²) in [5.74, 6) is -1.29. The highest BCUT2D eigenvalue weighted by molar-refractivity contribution is 5.97. The molecule has 0 fully saturated rings. The van der Waals surface area contributed by atoms with Crippen LogP contribution in [0.25, 0.3) is 5.69 Å². The van der Waals surface area contributed by atoms with Crippen LogP contribution in [-0.2, 0) is 9.53 Å². The molecule has 1 aromatic carbocycles. The van der Waals surface area contributed by atoms with E-state index in [2.05, 4.69) is 10.6 Å². The van der Waals surface area contributed by atoms with Crippen molar-refractivity contribution in [2.75, 3.05) is 13.2 Å². The summed E-state index contributed by atoms with van der Waals surface area (Å²) in [7, 11) is 0. The minimum absolute atomic E-state index is 0.382. The van der Waals surface area contributed by atoms with Gasteiger partial charge in [0, 0.05) is 23.6 Å². The number of urea groups is 1. The van der Waals surface area contributed by atoms with E-state index in [1.165, 1.54) is 0 Å². The topological polar surface area (TPSA) is 89.4 Å². The molecule has 0 unspecified atom stereocenters. The van der Waals surface area contributed by atoms with Crippen LogP contribution in [0.1, 0.15) is 28.7 Å². The SMILES string of the molecule is CCNC(=O)NC(=O)COC(=O)c1cc(C)n(-c2ccccc2)c1C. The van der Waals surface area contributed by atoms with Gasteiger partial charge in [-0.1, -0.05) is 18.2 Å². The van der Waals surface area contributed by atoms with Crippen molar-refractivity contribution in [2.45, 2.75) is 20.8 Å².